The summed E-state index contributed by atoms with van der Waals surface area (Å²) in [6, 6.07) is 16.2. The van der Waals surface area contributed by atoms with Crippen LogP contribution in [0, 0.1) is 13.8 Å². The zero-order chi connectivity index (χ0) is 22.2. The molecule has 2 heterocycles. The van der Waals surface area contributed by atoms with Crippen molar-refractivity contribution >= 4 is 23.2 Å². The molecule has 0 bridgehead atoms. The molecule has 5 rings (SSSR count). The van der Waals surface area contributed by atoms with Crippen molar-refractivity contribution in [3.05, 3.63) is 99.0 Å². The Bertz CT molecular complexity index is 1330. The molecule has 5 nitrogen and oxygen atoms in total. The van der Waals surface area contributed by atoms with Gasteiger partial charge in [-0.15, -0.1) is 0 Å². The van der Waals surface area contributed by atoms with E-state index < -0.39 is 0 Å². The van der Waals surface area contributed by atoms with E-state index in [1.54, 1.807) is 10.7 Å². The van der Waals surface area contributed by atoms with Crippen LogP contribution < -0.4 is 5.32 Å². The van der Waals surface area contributed by atoms with Crippen LogP contribution >= 0.6 is 11.6 Å². The number of nitrogens with one attached hydrogen (secondary N) is 1. The molecule has 0 fully saturated rings. The Balaban J connectivity index is 1.46. The maximum atomic E-state index is 13.2. The predicted octanol–water partition coefficient (Wildman–Crippen LogP) is 5.40. The molecular formula is C26H25ClN4O. The fraction of sp³-hybridized carbons (Fsp3) is 0.269. The molecule has 0 radical (unpaired) electrons. The van der Waals surface area contributed by atoms with Crippen LogP contribution in [0.25, 0.3) is 5.65 Å². The molecule has 0 saturated heterocycles. The average Bonchev–Trinajstić information content (AvgIpc) is 3.22. The number of aryl methyl sites for hydroxylation is 3. The Labute approximate surface area is 192 Å². The van der Waals surface area contributed by atoms with E-state index in [0.29, 0.717) is 17.6 Å². The van der Waals surface area contributed by atoms with Gasteiger partial charge in [-0.2, -0.15) is 5.10 Å². The predicted molar refractivity (Wildman–Crippen MR) is 126 cm³/mol. The lowest BCUT2D eigenvalue weighted by Crippen LogP contribution is -2.31. The van der Waals surface area contributed by atoms with Crippen molar-refractivity contribution in [2.24, 2.45) is 0 Å². The van der Waals surface area contributed by atoms with E-state index in [2.05, 4.69) is 28.6 Å². The minimum Gasteiger partial charge on any atom is -0.345 e. The van der Waals surface area contributed by atoms with E-state index in [9.17, 15) is 4.79 Å². The first-order valence-corrected chi connectivity index (χ1v) is 11.4. The Morgan fingerprint density at radius 3 is 2.78 bits per heavy atom. The quantitative estimate of drug-likeness (QED) is 0.458. The van der Waals surface area contributed by atoms with E-state index in [0.717, 1.165) is 46.8 Å². The minimum absolute atomic E-state index is 0.0177. The van der Waals surface area contributed by atoms with Gasteiger partial charge >= 0.3 is 0 Å². The summed E-state index contributed by atoms with van der Waals surface area (Å²) < 4.78 is 1.77. The second kappa shape index (κ2) is 8.40. The number of benzene rings is 2. The van der Waals surface area contributed by atoms with Crippen LogP contribution in [-0.2, 0) is 12.8 Å². The second-order valence-electron chi connectivity index (χ2n) is 8.44. The number of carbonyl (C=O) groups is 1. The zero-order valence-corrected chi connectivity index (χ0v) is 19.0. The molecule has 1 atom stereocenters. The Morgan fingerprint density at radius 1 is 1.16 bits per heavy atom. The molecule has 0 unspecified atom stereocenters. The first kappa shape index (κ1) is 20.7. The van der Waals surface area contributed by atoms with Gasteiger partial charge < -0.3 is 5.32 Å². The van der Waals surface area contributed by atoms with Gasteiger partial charge in [0, 0.05) is 22.8 Å². The lowest BCUT2D eigenvalue weighted by molar-refractivity contribution is 0.0934. The van der Waals surface area contributed by atoms with E-state index in [4.69, 9.17) is 16.6 Å². The molecule has 1 aliphatic rings. The van der Waals surface area contributed by atoms with E-state index in [1.807, 2.05) is 44.2 Å². The monoisotopic (exact) mass is 444 g/mol. The first-order valence-electron chi connectivity index (χ1n) is 11.0. The lowest BCUT2D eigenvalue weighted by atomic mass is 9.87. The summed E-state index contributed by atoms with van der Waals surface area (Å²) in [4.78, 5) is 18.0. The molecule has 162 valence electrons. The van der Waals surface area contributed by atoms with Gasteiger partial charge in [0.25, 0.3) is 5.91 Å². The summed E-state index contributed by atoms with van der Waals surface area (Å²) in [6.07, 6.45) is 5.36. The standard InChI is InChI=1S/C26H25ClN4O/c1-16-21(14-19-9-4-6-12-23(19)27)17(2)31-25(29-16)22(15-28-31)26(32)30-24-13-7-10-18-8-3-5-11-20(18)24/h3-6,8-9,11-12,15,24H,7,10,13-14H2,1-2H3,(H,30,32)/t24-/m1/s1. The Hall–Kier alpha value is -3.18. The fourth-order valence-electron chi connectivity index (χ4n) is 4.70. The van der Waals surface area contributed by atoms with Crippen molar-refractivity contribution in [3.8, 4) is 0 Å². The number of carbonyl (C=O) groups excluding carboxylic acids is 1. The molecule has 2 aromatic carbocycles. The maximum absolute atomic E-state index is 13.2. The third-order valence-electron chi connectivity index (χ3n) is 6.45. The Morgan fingerprint density at radius 2 is 1.94 bits per heavy atom. The van der Waals surface area contributed by atoms with Crippen molar-refractivity contribution in [2.75, 3.05) is 0 Å². The SMILES string of the molecule is Cc1nc2c(C(=O)N[C@@H]3CCCc4ccccc43)cnn2c(C)c1Cc1ccccc1Cl. The van der Waals surface area contributed by atoms with E-state index in [-0.39, 0.29) is 11.9 Å². The lowest BCUT2D eigenvalue weighted by Gasteiger charge is -2.26. The van der Waals surface area contributed by atoms with Crippen molar-refractivity contribution in [1.29, 1.82) is 0 Å². The molecule has 0 spiro atoms. The Kier molecular flexibility index (Phi) is 5.43. The number of amides is 1. The van der Waals surface area contributed by atoms with Gasteiger partial charge in [-0.1, -0.05) is 54.1 Å². The number of aromatic nitrogens is 3. The van der Waals surface area contributed by atoms with Crippen LogP contribution in [0.4, 0.5) is 0 Å². The molecule has 1 N–H and O–H groups in total. The van der Waals surface area contributed by atoms with Gasteiger partial charge in [0.1, 0.15) is 5.56 Å². The highest BCUT2D eigenvalue weighted by Crippen LogP contribution is 2.30. The molecule has 0 aliphatic heterocycles. The summed E-state index contributed by atoms with van der Waals surface area (Å²) in [6.45, 7) is 3.99. The van der Waals surface area contributed by atoms with Crippen LogP contribution in [-0.4, -0.2) is 20.5 Å². The molecule has 1 amide bonds. The number of rotatable bonds is 4. The summed E-state index contributed by atoms with van der Waals surface area (Å²) in [5, 5.41) is 8.46. The van der Waals surface area contributed by atoms with Gasteiger partial charge in [0.2, 0.25) is 0 Å². The maximum Gasteiger partial charge on any atom is 0.257 e. The highest BCUT2D eigenvalue weighted by Gasteiger charge is 2.24. The summed E-state index contributed by atoms with van der Waals surface area (Å²) >= 11 is 6.38. The van der Waals surface area contributed by atoms with Gasteiger partial charge in [-0.3, -0.25) is 4.79 Å². The minimum atomic E-state index is -0.133. The highest BCUT2D eigenvalue weighted by molar-refractivity contribution is 6.31. The van der Waals surface area contributed by atoms with Crippen LogP contribution in [0.15, 0.2) is 54.7 Å². The summed E-state index contributed by atoms with van der Waals surface area (Å²) in [5.41, 5.74) is 7.59. The van der Waals surface area contributed by atoms with Gasteiger partial charge in [0.05, 0.1) is 12.2 Å². The smallest absolute Gasteiger partial charge is 0.257 e. The van der Waals surface area contributed by atoms with Crippen LogP contribution in [0.2, 0.25) is 5.02 Å². The van der Waals surface area contributed by atoms with E-state index in [1.165, 1.54) is 11.1 Å². The number of halogens is 1. The van der Waals surface area contributed by atoms with Crippen molar-refractivity contribution in [1.82, 2.24) is 19.9 Å². The third-order valence-corrected chi connectivity index (χ3v) is 6.82. The number of nitrogens with zero attached hydrogens (tertiary/aromatic N) is 3. The number of fused-ring (bicyclic) bond motifs is 2. The van der Waals surface area contributed by atoms with Crippen LogP contribution in [0.1, 0.15) is 62.9 Å². The molecule has 2 aromatic heterocycles. The fourth-order valence-corrected chi connectivity index (χ4v) is 4.90. The molecular weight excluding hydrogens is 420 g/mol. The van der Waals surface area contributed by atoms with Crippen LogP contribution in [0.5, 0.6) is 0 Å². The van der Waals surface area contributed by atoms with Crippen molar-refractivity contribution in [3.63, 3.8) is 0 Å². The number of hydrogen-bond donors (Lipinski definition) is 1. The van der Waals surface area contributed by atoms with Crippen molar-refractivity contribution in [2.45, 2.75) is 45.6 Å². The van der Waals surface area contributed by atoms with E-state index >= 15 is 0 Å². The molecule has 32 heavy (non-hydrogen) atoms. The number of hydrogen-bond acceptors (Lipinski definition) is 3. The van der Waals surface area contributed by atoms with Crippen LogP contribution in [0.3, 0.4) is 0 Å². The average molecular weight is 445 g/mol. The topological polar surface area (TPSA) is 59.3 Å². The summed E-state index contributed by atoms with van der Waals surface area (Å²) in [5.74, 6) is -0.133. The van der Waals surface area contributed by atoms with Crippen molar-refractivity contribution < 1.29 is 4.79 Å². The molecule has 6 heteroatoms. The largest absolute Gasteiger partial charge is 0.345 e. The molecule has 4 aromatic rings. The first-order chi connectivity index (χ1) is 15.5. The van der Waals surface area contributed by atoms with Gasteiger partial charge in [-0.05, 0) is 61.4 Å². The third kappa shape index (κ3) is 3.67. The molecule has 0 saturated carbocycles. The summed E-state index contributed by atoms with van der Waals surface area (Å²) in [7, 11) is 0. The zero-order valence-electron chi connectivity index (χ0n) is 18.2. The van der Waals surface area contributed by atoms with Gasteiger partial charge in [-0.25, -0.2) is 9.50 Å². The van der Waals surface area contributed by atoms with Gasteiger partial charge in [0.15, 0.2) is 5.65 Å². The second-order valence-corrected chi connectivity index (χ2v) is 8.85. The highest BCUT2D eigenvalue weighted by atomic mass is 35.5. The molecule has 1 aliphatic carbocycles. The normalized spacial score (nSPS) is 15.5.